The Morgan fingerprint density at radius 1 is 1.15 bits per heavy atom. The first-order chi connectivity index (χ1) is 16.4. The van der Waals surface area contributed by atoms with Crippen molar-refractivity contribution in [3.05, 3.63) is 69.4 Å². The van der Waals surface area contributed by atoms with Crippen molar-refractivity contribution < 1.29 is 23.5 Å². The number of nitrogens with one attached hydrogen (secondary N) is 1. The molecule has 2 aromatic carbocycles. The molecule has 34 heavy (non-hydrogen) atoms. The maximum atomic E-state index is 12.5. The Morgan fingerprint density at radius 2 is 1.91 bits per heavy atom. The lowest BCUT2D eigenvalue weighted by Gasteiger charge is -2.15. The minimum absolute atomic E-state index is 0.102. The predicted octanol–water partition coefficient (Wildman–Crippen LogP) is 5.46. The second-order valence-electron chi connectivity index (χ2n) is 7.17. The fourth-order valence-electron chi connectivity index (χ4n) is 3.01. The van der Waals surface area contributed by atoms with Crippen LogP contribution in [-0.4, -0.2) is 30.9 Å². The lowest BCUT2D eigenvalue weighted by Crippen LogP contribution is -2.13. The molecule has 1 N–H and O–H groups in total. The number of carbonyl (C=O) groups is 1. The van der Waals surface area contributed by atoms with Crippen molar-refractivity contribution in [1.29, 1.82) is 5.26 Å². The highest BCUT2D eigenvalue weighted by molar-refractivity contribution is 9.10. The van der Waals surface area contributed by atoms with E-state index in [1.807, 2.05) is 44.2 Å². The summed E-state index contributed by atoms with van der Waals surface area (Å²) in [5.74, 6) is 1.97. The van der Waals surface area contributed by atoms with Crippen LogP contribution in [0.25, 0.3) is 6.08 Å². The Morgan fingerprint density at radius 3 is 2.59 bits per heavy atom. The second kappa shape index (κ2) is 11.9. The molecule has 176 valence electrons. The molecule has 9 heteroatoms. The van der Waals surface area contributed by atoms with Gasteiger partial charge in [-0.1, -0.05) is 23.4 Å². The van der Waals surface area contributed by atoms with Crippen molar-refractivity contribution in [2.75, 3.05) is 25.1 Å². The van der Waals surface area contributed by atoms with Crippen molar-refractivity contribution in [2.45, 2.75) is 20.8 Å². The number of ether oxygens (including phenoxy) is 3. The molecule has 0 atom stereocenters. The molecule has 0 aliphatic carbocycles. The molecule has 0 fully saturated rings. The van der Waals surface area contributed by atoms with E-state index in [-0.39, 0.29) is 11.4 Å². The molecule has 0 radical (unpaired) electrons. The summed E-state index contributed by atoms with van der Waals surface area (Å²) in [7, 11) is 0. The molecule has 0 saturated heterocycles. The fourth-order valence-corrected chi connectivity index (χ4v) is 3.59. The van der Waals surface area contributed by atoms with Crippen molar-refractivity contribution >= 4 is 33.7 Å². The number of benzene rings is 2. The Bertz CT molecular complexity index is 1230. The van der Waals surface area contributed by atoms with E-state index in [1.54, 1.807) is 25.1 Å². The zero-order valence-corrected chi connectivity index (χ0v) is 20.6. The van der Waals surface area contributed by atoms with Crippen molar-refractivity contribution in [1.82, 2.24) is 5.16 Å². The van der Waals surface area contributed by atoms with Crippen LogP contribution in [0.3, 0.4) is 0 Å². The Hall–Kier alpha value is -3.77. The zero-order chi connectivity index (χ0) is 24.5. The maximum absolute atomic E-state index is 12.5. The molecule has 0 spiro atoms. The molecule has 0 unspecified atom stereocenters. The summed E-state index contributed by atoms with van der Waals surface area (Å²) >= 11 is 3.50. The molecular weight excluding hydrogens is 502 g/mol. The second-order valence-corrected chi connectivity index (χ2v) is 8.03. The third-order valence-corrected chi connectivity index (χ3v) is 5.15. The first-order valence-corrected chi connectivity index (χ1v) is 11.3. The van der Waals surface area contributed by atoms with Gasteiger partial charge in [0.2, 0.25) is 0 Å². The number of nitriles is 1. The third-order valence-electron chi connectivity index (χ3n) is 4.56. The predicted molar refractivity (Wildman–Crippen MR) is 131 cm³/mol. The van der Waals surface area contributed by atoms with Crippen LogP contribution < -0.4 is 19.5 Å². The van der Waals surface area contributed by atoms with Crippen LogP contribution in [0.15, 0.2) is 57.0 Å². The minimum atomic E-state index is -0.599. The number of anilines is 1. The number of rotatable bonds is 10. The summed E-state index contributed by atoms with van der Waals surface area (Å²) in [5.41, 5.74) is 1.53. The Kier molecular flexibility index (Phi) is 8.71. The number of amides is 1. The van der Waals surface area contributed by atoms with Crippen molar-refractivity contribution in [3.8, 4) is 23.3 Å². The van der Waals surface area contributed by atoms with Gasteiger partial charge in [0.05, 0.1) is 11.1 Å². The molecule has 3 aromatic rings. The summed E-state index contributed by atoms with van der Waals surface area (Å²) in [6.07, 6.45) is 1.46. The van der Waals surface area contributed by atoms with Gasteiger partial charge in [0.1, 0.15) is 36.4 Å². The fraction of sp³-hybridized carbons (Fsp3) is 0.240. The minimum Gasteiger partial charge on any atom is -0.490 e. The van der Waals surface area contributed by atoms with E-state index >= 15 is 0 Å². The van der Waals surface area contributed by atoms with E-state index in [0.29, 0.717) is 47.1 Å². The first-order valence-electron chi connectivity index (χ1n) is 10.5. The average Bonchev–Trinajstić information content (AvgIpc) is 3.22. The number of nitrogens with zero attached hydrogens (tertiary/aromatic N) is 2. The summed E-state index contributed by atoms with van der Waals surface area (Å²) in [5, 5.41) is 15.7. The Balaban J connectivity index is 1.73. The lowest BCUT2D eigenvalue weighted by molar-refractivity contribution is -0.112. The Labute approximate surface area is 206 Å². The van der Waals surface area contributed by atoms with Crippen molar-refractivity contribution in [2.24, 2.45) is 0 Å². The van der Waals surface area contributed by atoms with Gasteiger partial charge < -0.3 is 24.1 Å². The zero-order valence-electron chi connectivity index (χ0n) is 19.1. The van der Waals surface area contributed by atoms with E-state index < -0.39 is 5.91 Å². The topological polar surface area (TPSA) is 107 Å². The van der Waals surface area contributed by atoms with Crippen LogP contribution in [0, 0.1) is 25.2 Å². The molecule has 0 aliphatic heterocycles. The van der Waals surface area contributed by atoms with Gasteiger partial charge in [-0.05, 0) is 72.1 Å². The van der Waals surface area contributed by atoms with E-state index in [2.05, 4.69) is 26.4 Å². The summed E-state index contributed by atoms with van der Waals surface area (Å²) in [4.78, 5) is 12.5. The van der Waals surface area contributed by atoms with Gasteiger partial charge in [-0.2, -0.15) is 5.26 Å². The van der Waals surface area contributed by atoms with E-state index in [9.17, 15) is 10.1 Å². The molecule has 8 nitrogen and oxygen atoms in total. The van der Waals surface area contributed by atoms with Gasteiger partial charge >= 0.3 is 0 Å². The maximum Gasteiger partial charge on any atom is 0.267 e. The van der Waals surface area contributed by atoms with E-state index in [4.69, 9.17) is 18.7 Å². The van der Waals surface area contributed by atoms with Gasteiger partial charge in [0, 0.05) is 6.07 Å². The summed E-state index contributed by atoms with van der Waals surface area (Å²) in [6, 6.07) is 14.7. The SMILES string of the molecule is CCOc1cc(C=C(C#N)C(=O)Nc2cc(C)on2)cc(Br)c1OCCOc1ccccc1C. The molecule has 1 amide bonds. The lowest BCUT2D eigenvalue weighted by atomic mass is 10.1. The van der Waals surface area contributed by atoms with Crippen LogP contribution in [0.1, 0.15) is 23.8 Å². The average molecular weight is 526 g/mol. The van der Waals surface area contributed by atoms with E-state index in [0.717, 1.165) is 11.3 Å². The standard InChI is InChI=1S/C25H24BrN3O5/c1-4-31-22-14-18(12-19(15-27)25(30)28-23-11-17(3)34-29-23)13-20(26)24(22)33-10-9-32-21-8-6-5-7-16(21)2/h5-8,11-14H,4,9-10H2,1-3H3,(H,28,29,30). The molecule has 0 bridgehead atoms. The third kappa shape index (κ3) is 6.62. The molecule has 1 heterocycles. The van der Waals surface area contributed by atoms with Gasteiger partial charge in [-0.25, -0.2) is 0 Å². The highest BCUT2D eigenvalue weighted by Crippen LogP contribution is 2.37. The van der Waals surface area contributed by atoms with Gasteiger partial charge in [0.25, 0.3) is 5.91 Å². The van der Waals surface area contributed by atoms with Crippen LogP contribution in [0.5, 0.6) is 17.2 Å². The summed E-state index contributed by atoms with van der Waals surface area (Å²) < 4.78 is 23.0. The number of hydrogen-bond donors (Lipinski definition) is 1. The molecule has 3 rings (SSSR count). The number of hydrogen-bond acceptors (Lipinski definition) is 7. The van der Waals surface area contributed by atoms with Gasteiger partial charge in [0.15, 0.2) is 17.3 Å². The van der Waals surface area contributed by atoms with Crippen LogP contribution >= 0.6 is 15.9 Å². The quantitative estimate of drug-likeness (QED) is 0.213. The normalized spacial score (nSPS) is 11.0. The molecular formula is C25H24BrN3O5. The van der Waals surface area contributed by atoms with Crippen LogP contribution in [-0.2, 0) is 4.79 Å². The van der Waals surface area contributed by atoms with Crippen LogP contribution in [0.4, 0.5) is 5.82 Å². The van der Waals surface area contributed by atoms with Crippen LogP contribution in [0.2, 0.25) is 0 Å². The molecule has 0 aliphatic rings. The summed E-state index contributed by atoms with van der Waals surface area (Å²) in [6.45, 7) is 6.60. The highest BCUT2D eigenvalue weighted by Gasteiger charge is 2.15. The highest BCUT2D eigenvalue weighted by atomic mass is 79.9. The molecule has 1 aromatic heterocycles. The number of aromatic nitrogens is 1. The number of carbonyl (C=O) groups excluding carboxylic acids is 1. The smallest absolute Gasteiger partial charge is 0.267 e. The molecule has 0 saturated carbocycles. The number of halogens is 1. The van der Waals surface area contributed by atoms with Gasteiger partial charge in [-0.3, -0.25) is 4.79 Å². The van der Waals surface area contributed by atoms with Crippen molar-refractivity contribution in [3.63, 3.8) is 0 Å². The number of aryl methyl sites for hydroxylation is 2. The largest absolute Gasteiger partial charge is 0.490 e. The van der Waals surface area contributed by atoms with Gasteiger partial charge in [-0.15, -0.1) is 0 Å². The number of para-hydroxylation sites is 1. The van der Waals surface area contributed by atoms with E-state index in [1.165, 1.54) is 6.08 Å². The first kappa shape index (κ1) is 24.9. The monoisotopic (exact) mass is 525 g/mol.